The number of fused-ring (bicyclic) bond motifs is 1. The summed E-state index contributed by atoms with van der Waals surface area (Å²) in [6, 6.07) is 11.7. The minimum Gasteiger partial charge on any atom is -0.489 e. The molecular formula is C18H18N2O2. The lowest BCUT2D eigenvalue weighted by Gasteiger charge is -2.17. The van der Waals surface area contributed by atoms with Crippen molar-refractivity contribution in [2.75, 3.05) is 11.9 Å². The van der Waals surface area contributed by atoms with Gasteiger partial charge in [0, 0.05) is 11.3 Å². The van der Waals surface area contributed by atoms with Gasteiger partial charge in [-0.2, -0.15) is 0 Å². The van der Waals surface area contributed by atoms with E-state index in [0.717, 1.165) is 28.1 Å². The highest BCUT2D eigenvalue weighted by Crippen LogP contribution is 2.26. The van der Waals surface area contributed by atoms with E-state index in [0.29, 0.717) is 18.8 Å². The zero-order valence-electron chi connectivity index (χ0n) is 12.7. The van der Waals surface area contributed by atoms with Crippen LogP contribution in [0.2, 0.25) is 0 Å². The number of nitrogens with zero attached hydrogens (tertiary/aromatic N) is 1. The second kappa shape index (κ2) is 6.02. The van der Waals surface area contributed by atoms with Crippen molar-refractivity contribution in [2.24, 2.45) is 0 Å². The lowest BCUT2D eigenvalue weighted by atomic mass is 10.1. The van der Waals surface area contributed by atoms with Crippen molar-refractivity contribution in [3.05, 3.63) is 58.8 Å². The van der Waals surface area contributed by atoms with Crippen LogP contribution < -0.4 is 10.1 Å². The van der Waals surface area contributed by atoms with Crippen molar-refractivity contribution in [1.29, 1.82) is 0 Å². The zero-order chi connectivity index (χ0) is 15.5. The van der Waals surface area contributed by atoms with Gasteiger partial charge in [-0.05, 0) is 49.3 Å². The van der Waals surface area contributed by atoms with Crippen LogP contribution in [0.15, 0.2) is 42.0 Å². The van der Waals surface area contributed by atoms with Crippen molar-refractivity contribution < 1.29 is 9.53 Å². The quantitative estimate of drug-likeness (QED) is 0.942. The van der Waals surface area contributed by atoms with Gasteiger partial charge in [0.25, 0.3) is 0 Å². The average molecular weight is 294 g/mol. The predicted octanol–water partition coefficient (Wildman–Crippen LogP) is 3.50. The summed E-state index contributed by atoms with van der Waals surface area (Å²) in [7, 11) is 0. The van der Waals surface area contributed by atoms with Crippen LogP contribution in [0.5, 0.6) is 5.75 Å². The number of pyridine rings is 1. The van der Waals surface area contributed by atoms with E-state index in [9.17, 15) is 4.79 Å². The molecule has 4 nitrogen and oxygen atoms in total. The number of ether oxygens (including phenoxy) is 1. The first kappa shape index (κ1) is 14.3. The highest BCUT2D eigenvalue weighted by Gasteiger charge is 2.14. The van der Waals surface area contributed by atoms with Gasteiger partial charge >= 0.3 is 0 Å². The van der Waals surface area contributed by atoms with Gasteiger partial charge in [-0.25, -0.2) is 4.98 Å². The number of anilines is 1. The van der Waals surface area contributed by atoms with Gasteiger partial charge in [-0.1, -0.05) is 18.2 Å². The van der Waals surface area contributed by atoms with E-state index in [1.165, 1.54) is 0 Å². The second-order valence-corrected chi connectivity index (χ2v) is 5.53. The molecule has 0 atom stereocenters. The molecule has 0 fully saturated rings. The maximum absolute atomic E-state index is 12.2. The van der Waals surface area contributed by atoms with Crippen LogP contribution in [0.3, 0.4) is 0 Å². The van der Waals surface area contributed by atoms with E-state index in [2.05, 4.69) is 10.3 Å². The maximum Gasteiger partial charge on any atom is 0.229 e. The number of hydrogen-bond acceptors (Lipinski definition) is 3. The number of benzene rings is 1. The van der Waals surface area contributed by atoms with Gasteiger partial charge in [0.05, 0.1) is 6.42 Å². The molecule has 0 unspecified atom stereocenters. The van der Waals surface area contributed by atoms with E-state index in [1.807, 2.05) is 56.3 Å². The van der Waals surface area contributed by atoms with Gasteiger partial charge in [-0.3, -0.25) is 4.79 Å². The first-order valence-electron chi connectivity index (χ1n) is 7.26. The third-order valence-corrected chi connectivity index (χ3v) is 3.44. The molecule has 0 aliphatic carbocycles. The Labute approximate surface area is 129 Å². The molecule has 1 N–H and O–H groups in total. The maximum atomic E-state index is 12.2. The fraction of sp³-hybridized carbons (Fsp3) is 0.222. The number of para-hydroxylation sites is 1. The number of carbonyl (C=O) groups excluding carboxylic acids is 1. The van der Waals surface area contributed by atoms with Gasteiger partial charge in [0.1, 0.15) is 18.2 Å². The van der Waals surface area contributed by atoms with Crippen LogP contribution in [-0.4, -0.2) is 17.5 Å². The van der Waals surface area contributed by atoms with Crippen molar-refractivity contribution in [1.82, 2.24) is 4.98 Å². The largest absolute Gasteiger partial charge is 0.489 e. The third-order valence-electron chi connectivity index (χ3n) is 3.44. The summed E-state index contributed by atoms with van der Waals surface area (Å²) in [6.45, 7) is 4.35. The van der Waals surface area contributed by atoms with Crippen molar-refractivity contribution in [3.8, 4) is 5.75 Å². The van der Waals surface area contributed by atoms with Crippen molar-refractivity contribution >= 4 is 17.8 Å². The van der Waals surface area contributed by atoms with E-state index in [1.54, 1.807) is 0 Å². The SMILES string of the molecule is Cc1cc(C)nc(NC(=O)CC2=Cc3ccccc3OC2)c1. The molecule has 0 bridgehead atoms. The molecule has 1 amide bonds. The van der Waals surface area contributed by atoms with Crippen LogP contribution in [0, 0.1) is 13.8 Å². The van der Waals surface area contributed by atoms with Crippen molar-refractivity contribution in [3.63, 3.8) is 0 Å². The molecule has 2 heterocycles. The van der Waals surface area contributed by atoms with E-state index in [4.69, 9.17) is 4.74 Å². The van der Waals surface area contributed by atoms with Crippen LogP contribution in [0.4, 0.5) is 5.82 Å². The highest BCUT2D eigenvalue weighted by molar-refractivity contribution is 5.92. The summed E-state index contributed by atoms with van der Waals surface area (Å²) in [4.78, 5) is 16.5. The number of aryl methyl sites for hydroxylation is 2. The van der Waals surface area contributed by atoms with E-state index in [-0.39, 0.29) is 5.91 Å². The number of rotatable bonds is 3. The van der Waals surface area contributed by atoms with E-state index >= 15 is 0 Å². The fourth-order valence-electron chi connectivity index (χ4n) is 2.56. The summed E-state index contributed by atoms with van der Waals surface area (Å²) in [5, 5.41) is 2.85. The van der Waals surface area contributed by atoms with Gasteiger partial charge in [0.2, 0.25) is 5.91 Å². The molecule has 4 heteroatoms. The topological polar surface area (TPSA) is 51.2 Å². The molecule has 0 spiro atoms. The first-order chi connectivity index (χ1) is 10.6. The van der Waals surface area contributed by atoms with Gasteiger partial charge < -0.3 is 10.1 Å². The molecule has 2 aromatic rings. The molecule has 1 aliphatic rings. The van der Waals surface area contributed by atoms with Crippen LogP contribution >= 0.6 is 0 Å². The first-order valence-corrected chi connectivity index (χ1v) is 7.26. The Morgan fingerprint density at radius 1 is 1.27 bits per heavy atom. The number of aromatic nitrogens is 1. The molecule has 3 rings (SSSR count). The Bertz CT molecular complexity index is 730. The lowest BCUT2D eigenvalue weighted by Crippen LogP contribution is -2.17. The van der Waals surface area contributed by atoms with Crippen molar-refractivity contribution in [2.45, 2.75) is 20.3 Å². The molecule has 1 aromatic carbocycles. The predicted molar refractivity (Wildman–Crippen MR) is 86.9 cm³/mol. The number of nitrogens with one attached hydrogen (secondary N) is 1. The Morgan fingerprint density at radius 3 is 2.91 bits per heavy atom. The molecule has 112 valence electrons. The summed E-state index contributed by atoms with van der Waals surface area (Å²) in [5.74, 6) is 1.38. The third kappa shape index (κ3) is 3.34. The zero-order valence-corrected chi connectivity index (χ0v) is 12.7. The molecule has 0 radical (unpaired) electrons. The molecule has 0 saturated carbocycles. The summed E-state index contributed by atoms with van der Waals surface area (Å²) in [5.41, 5.74) is 3.95. The second-order valence-electron chi connectivity index (χ2n) is 5.53. The molecule has 1 aromatic heterocycles. The Kier molecular flexibility index (Phi) is 3.92. The summed E-state index contributed by atoms with van der Waals surface area (Å²) < 4.78 is 5.66. The Hall–Kier alpha value is -2.62. The fourth-order valence-corrected chi connectivity index (χ4v) is 2.56. The minimum atomic E-state index is -0.0771. The molecule has 1 aliphatic heterocycles. The number of carbonyl (C=O) groups is 1. The highest BCUT2D eigenvalue weighted by atomic mass is 16.5. The molecular weight excluding hydrogens is 276 g/mol. The van der Waals surface area contributed by atoms with Crippen LogP contribution in [0.1, 0.15) is 23.2 Å². The average Bonchev–Trinajstić information content (AvgIpc) is 2.45. The smallest absolute Gasteiger partial charge is 0.229 e. The monoisotopic (exact) mass is 294 g/mol. The number of hydrogen-bond donors (Lipinski definition) is 1. The van der Waals surface area contributed by atoms with Gasteiger partial charge in [-0.15, -0.1) is 0 Å². The van der Waals surface area contributed by atoms with Gasteiger partial charge in [0.15, 0.2) is 0 Å². The molecule has 0 saturated heterocycles. The van der Waals surface area contributed by atoms with Crippen LogP contribution in [0.25, 0.3) is 6.08 Å². The Morgan fingerprint density at radius 2 is 2.09 bits per heavy atom. The summed E-state index contributed by atoms with van der Waals surface area (Å²) >= 11 is 0. The Balaban J connectivity index is 1.69. The lowest BCUT2D eigenvalue weighted by molar-refractivity contribution is -0.115. The van der Waals surface area contributed by atoms with Crippen LogP contribution in [-0.2, 0) is 4.79 Å². The standard InChI is InChI=1S/C18H18N2O2/c1-12-7-13(2)19-17(8-12)20-18(21)10-14-9-15-5-3-4-6-16(15)22-11-14/h3-9H,10-11H2,1-2H3,(H,19,20,21). The summed E-state index contributed by atoms with van der Waals surface area (Å²) in [6.07, 6.45) is 2.33. The van der Waals surface area contributed by atoms with E-state index < -0.39 is 0 Å². The normalized spacial score (nSPS) is 12.9. The number of amides is 1. The molecule has 22 heavy (non-hydrogen) atoms. The minimum absolute atomic E-state index is 0.0771.